The molecule has 1 aliphatic rings. The van der Waals surface area contributed by atoms with Gasteiger partial charge in [-0.1, -0.05) is 29.3 Å². The second kappa shape index (κ2) is 7.34. The fraction of sp³-hybridized carbons (Fsp3) is 0.533. The Hall–Kier alpha value is -0.970. The summed E-state index contributed by atoms with van der Waals surface area (Å²) in [5.74, 6) is 0.739. The van der Waals surface area contributed by atoms with Crippen molar-refractivity contribution in [3.8, 4) is 0 Å². The average Bonchev–Trinajstić information content (AvgIpc) is 3.24. The lowest BCUT2D eigenvalue weighted by atomic mass is 10.1. The third-order valence-corrected chi connectivity index (χ3v) is 4.28. The zero-order chi connectivity index (χ0) is 15.3. The summed E-state index contributed by atoms with van der Waals surface area (Å²) in [6.07, 6.45) is 2.14. The van der Waals surface area contributed by atoms with Crippen LogP contribution in [0.5, 0.6) is 0 Å². The molecule has 1 saturated carbocycles. The zero-order valence-corrected chi connectivity index (χ0v) is 13.6. The van der Waals surface area contributed by atoms with Crippen LogP contribution in [0.15, 0.2) is 23.2 Å². The van der Waals surface area contributed by atoms with E-state index in [1.54, 1.807) is 6.07 Å². The highest BCUT2D eigenvalue weighted by Crippen LogP contribution is 2.44. The highest BCUT2D eigenvalue weighted by Gasteiger charge is 2.41. The molecule has 6 heteroatoms. The Bertz CT molecular complexity index is 516. The smallest absolute Gasteiger partial charge is 0.191 e. The van der Waals surface area contributed by atoms with Gasteiger partial charge in [-0.2, -0.15) is 0 Å². The molecule has 0 aromatic heterocycles. The minimum absolute atomic E-state index is 0.0497. The highest BCUT2D eigenvalue weighted by atomic mass is 35.5. The number of rotatable bonds is 6. The fourth-order valence-electron chi connectivity index (χ4n) is 1.99. The lowest BCUT2D eigenvalue weighted by Gasteiger charge is -2.16. The van der Waals surface area contributed by atoms with Crippen LogP contribution in [0.2, 0.25) is 10.0 Å². The largest absolute Gasteiger partial charge is 0.396 e. The monoisotopic (exact) mass is 329 g/mol. The van der Waals surface area contributed by atoms with E-state index in [2.05, 4.69) is 15.6 Å². The van der Waals surface area contributed by atoms with Gasteiger partial charge in [-0.15, -0.1) is 0 Å². The standard InChI is InChI=1S/C15H21Cl2N3O/c1-2-18-14(20-9-15(10-21)5-6-15)19-8-11-3-4-12(16)7-13(11)17/h3-4,7,21H,2,5-6,8-10H2,1H3,(H2,18,19,20). The van der Waals surface area contributed by atoms with Crippen molar-refractivity contribution in [3.63, 3.8) is 0 Å². The van der Waals surface area contributed by atoms with Crippen LogP contribution in [0.3, 0.4) is 0 Å². The van der Waals surface area contributed by atoms with Gasteiger partial charge in [0.15, 0.2) is 5.96 Å². The van der Waals surface area contributed by atoms with Gasteiger partial charge in [-0.05, 0) is 37.5 Å². The predicted octanol–water partition coefficient (Wildman–Crippen LogP) is 2.82. The van der Waals surface area contributed by atoms with Gasteiger partial charge in [-0.3, -0.25) is 0 Å². The van der Waals surface area contributed by atoms with E-state index in [0.29, 0.717) is 16.6 Å². The Morgan fingerprint density at radius 2 is 2.10 bits per heavy atom. The Labute approximate surface area is 135 Å². The molecule has 1 aliphatic carbocycles. The minimum atomic E-state index is 0.0497. The molecule has 1 fully saturated rings. The predicted molar refractivity (Wildman–Crippen MR) is 88.0 cm³/mol. The summed E-state index contributed by atoms with van der Waals surface area (Å²) in [7, 11) is 0. The Kier molecular flexibility index (Phi) is 5.73. The number of guanidine groups is 1. The molecule has 21 heavy (non-hydrogen) atoms. The zero-order valence-electron chi connectivity index (χ0n) is 12.1. The van der Waals surface area contributed by atoms with E-state index in [4.69, 9.17) is 23.2 Å². The van der Waals surface area contributed by atoms with E-state index in [1.807, 2.05) is 19.1 Å². The van der Waals surface area contributed by atoms with E-state index in [1.165, 1.54) is 0 Å². The van der Waals surface area contributed by atoms with Gasteiger partial charge in [0.25, 0.3) is 0 Å². The maximum atomic E-state index is 9.34. The van der Waals surface area contributed by atoms with Crippen molar-refractivity contribution < 1.29 is 5.11 Å². The summed E-state index contributed by atoms with van der Waals surface area (Å²) >= 11 is 12.0. The molecule has 0 atom stereocenters. The first-order chi connectivity index (χ1) is 10.1. The molecule has 0 amide bonds. The van der Waals surface area contributed by atoms with Crippen molar-refractivity contribution in [1.82, 2.24) is 10.6 Å². The van der Waals surface area contributed by atoms with Crippen LogP contribution in [-0.2, 0) is 6.54 Å². The number of aliphatic hydroxyl groups excluding tert-OH is 1. The Morgan fingerprint density at radius 3 is 2.67 bits per heavy atom. The fourth-order valence-corrected chi connectivity index (χ4v) is 2.46. The first-order valence-corrected chi connectivity index (χ1v) is 7.91. The molecule has 2 rings (SSSR count). The van der Waals surface area contributed by atoms with Crippen molar-refractivity contribution in [2.75, 3.05) is 19.7 Å². The van der Waals surface area contributed by atoms with Gasteiger partial charge in [0.05, 0.1) is 13.2 Å². The van der Waals surface area contributed by atoms with Gasteiger partial charge in [0.2, 0.25) is 0 Å². The van der Waals surface area contributed by atoms with E-state index < -0.39 is 0 Å². The van der Waals surface area contributed by atoms with E-state index in [9.17, 15) is 5.11 Å². The normalized spacial score (nSPS) is 16.7. The summed E-state index contributed by atoms with van der Waals surface area (Å²) in [5, 5.41) is 17.1. The molecule has 0 unspecified atom stereocenters. The Balaban J connectivity index is 1.96. The summed E-state index contributed by atoms with van der Waals surface area (Å²) in [4.78, 5) is 4.52. The molecule has 4 nitrogen and oxygen atoms in total. The second-order valence-electron chi connectivity index (χ2n) is 5.44. The topological polar surface area (TPSA) is 56.7 Å². The quantitative estimate of drug-likeness (QED) is 0.555. The molecular formula is C15H21Cl2N3O. The molecular weight excluding hydrogens is 309 g/mol. The van der Waals surface area contributed by atoms with Gasteiger partial charge < -0.3 is 15.7 Å². The van der Waals surface area contributed by atoms with E-state index in [-0.39, 0.29) is 12.0 Å². The first kappa shape index (κ1) is 16.4. The highest BCUT2D eigenvalue weighted by molar-refractivity contribution is 6.35. The van der Waals surface area contributed by atoms with Crippen LogP contribution in [0.25, 0.3) is 0 Å². The number of nitrogens with one attached hydrogen (secondary N) is 2. The molecule has 0 radical (unpaired) electrons. The molecule has 0 heterocycles. The van der Waals surface area contributed by atoms with Gasteiger partial charge in [0.1, 0.15) is 0 Å². The number of hydrogen-bond donors (Lipinski definition) is 3. The van der Waals surface area contributed by atoms with Crippen LogP contribution >= 0.6 is 23.2 Å². The number of nitrogens with zero attached hydrogens (tertiary/aromatic N) is 1. The summed E-state index contributed by atoms with van der Waals surface area (Å²) in [6.45, 7) is 4.25. The van der Waals surface area contributed by atoms with Crippen molar-refractivity contribution in [2.45, 2.75) is 26.3 Å². The van der Waals surface area contributed by atoms with Crippen molar-refractivity contribution in [3.05, 3.63) is 33.8 Å². The van der Waals surface area contributed by atoms with Crippen LogP contribution in [-0.4, -0.2) is 30.8 Å². The maximum Gasteiger partial charge on any atom is 0.191 e. The summed E-state index contributed by atoms with van der Waals surface area (Å²) in [5.41, 5.74) is 0.982. The molecule has 1 aromatic rings. The van der Waals surface area contributed by atoms with Crippen LogP contribution in [0.1, 0.15) is 25.3 Å². The van der Waals surface area contributed by atoms with Gasteiger partial charge in [-0.25, -0.2) is 4.99 Å². The first-order valence-electron chi connectivity index (χ1n) is 7.15. The number of aliphatic hydroxyl groups is 1. The average molecular weight is 330 g/mol. The Morgan fingerprint density at radius 1 is 1.33 bits per heavy atom. The summed E-state index contributed by atoms with van der Waals surface area (Å²) in [6, 6.07) is 5.41. The van der Waals surface area contributed by atoms with Crippen LogP contribution in [0.4, 0.5) is 0 Å². The van der Waals surface area contributed by atoms with Crippen molar-refractivity contribution in [1.29, 1.82) is 0 Å². The minimum Gasteiger partial charge on any atom is -0.396 e. The molecule has 116 valence electrons. The van der Waals surface area contributed by atoms with Crippen molar-refractivity contribution >= 4 is 29.2 Å². The lowest BCUT2D eigenvalue weighted by Crippen LogP contribution is -2.41. The molecule has 0 saturated heterocycles. The number of benzene rings is 1. The van der Waals surface area contributed by atoms with Crippen molar-refractivity contribution in [2.24, 2.45) is 10.4 Å². The third kappa shape index (κ3) is 4.77. The van der Waals surface area contributed by atoms with Crippen LogP contribution < -0.4 is 10.6 Å². The summed E-state index contributed by atoms with van der Waals surface area (Å²) < 4.78 is 0. The molecule has 0 aliphatic heterocycles. The lowest BCUT2D eigenvalue weighted by molar-refractivity contribution is 0.212. The number of aliphatic imine (C=N–C) groups is 1. The van der Waals surface area contributed by atoms with Gasteiger partial charge in [0, 0.05) is 28.5 Å². The van der Waals surface area contributed by atoms with E-state index in [0.717, 1.165) is 37.5 Å². The number of hydrogen-bond acceptors (Lipinski definition) is 2. The third-order valence-electron chi connectivity index (χ3n) is 3.69. The number of halogens is 2. The molecule has 1 aromatic carbocycles. The molecule has 3 N–H and O–H groups in total. The van der Waals surface area contributed by atoms with Gasteiger partial charge >= 0.3 is 0 Å². The van der Waals surface area contributed by atoms with Crippen LogP contribution in [0, 0.1) is 5.41 Å². The second-order valence-corrected chi connectivity index (χ2v) is 6.29. The SMILES string of the molecule is CCNC(=NCc1ccc(Cl)cc1Cl)NCC1(CO)CC1. The maximum absolute atomic E-state index is 9.34. The molecule has 0 spiro atoms. The van der Waals surface area contributed by atoms with E-state index >= 15 is 0 Å². The molecule has 0 bridgehead atoms.